The van der Waals surface area contributed by atoms with Gasteiger partial charge in [-0.3, -0.25) is 0 Å². The van der Waals surface area contributed by atoms with Crippen LogP contribution in [0.5, 0.6) is 11.5 Å². The smallest absolute Gasteiger partial charge is 0.135 e. The van der Waals surface area contributed by atoms with Crippen LogP contribution >= 0.6 is 0 Å². The van der Waals surface area contributed by atoms with Crippen molar-refractivity contribution in [2.24, 2.45) is 0 Å². The van der Waals surface area contributed by atoms with Gasteiger partial charge >= 0.3 is 0 Å². The number of fused-ring (bicyclic) bond motifs is 2. The Morgan fingerprint density at radius 3 is 0.960 bits per heavy atom. The molecule has 3 rings (SSSR count). The Kier molecular flexibility index (Phi) is 23.2. The van der Waals surface area contributed by atoms with Crippen molar-refractivity contribution < 1.29 is 9.47 Å². The summed E-state index contributed by atoms with van der Waals surface area (Å²) in [7, 11) is 0. The monoisotopic (exact) mass is 687 g/mol. The summed E-state index contributed by atoms with van der Waals surface area (Å²) < 4.78 is 13.7. The van der Waals surface area contributed by atoms with Crippen LogP contribution in [0.15, 0.2) is 36.4 Å². The quantitative estimate of drug-likeness (QED) is 0.0481. The Morgan fingerprint density at radius 1 is 0.320 bits per heavy atom. The Hall–Kier alpha value is -2.22. The molecule has 0 radical (unpaired) electrons. The van der Waals surface area contributed by atoms with E-state index in [4.69, 9.17) is 9.47 Å². The molecule has 0 aromatic heterocycles. The number of aryl methyl sites for hydroxylation is 2. The number of hydrogen-bond acceptors (Lipinski definition) is 2. The molecule has 0 unspecified atom stereocenters. The molecule has 50 heavy (non-hydrogen) atoms. The molecule has 2 heteroatoms. The van der Waals surface area contributed by atoms with Crippen LogP contribution < -0.4 is 9.47 Å². The first kappa shape index (κ1) is 42.2. The molecule has 0 spiro atoms. The maximum absolute atomic E-state index is 6.83. The topological polar surface area (TPSA) is 18.5 Å². The number of benzene rings is 3. The van der Waals surface area contributed by atoms with Gasteiger partial charge in [-0.1, -0.05) is 193 Å². The minimum absolute atomic E-state index is 0.790. The van der Waals surface area contributed by atoms with E-state index in [2.05, 4.69) is 64.1 Å². The molecule has 2 nitrogen and oxygen atoms in total. The molecule has 3 aromatic rings. The Bertz CT molecular complexity index is 1180. The maximum atomic E-state index is 6.83. The van der Waals surface area contributed by atoms with Gasteiger partial charge in [0.15, 0.2) is 0 Å². The van der Waals surface area contributed by atoms with Crippen LogP contribution in [0.25, 0.3) is 21.5 Å². The van der Waals surface area contributed by atoms with Crippen molar-refractivity contribution in [1.29, 1.82) is 0 Å². The summed E-state index contributed by atoms with van der Waals surface area (Å²) in [4.78, 5) is 0. The fourth-order valence-corrected chi connectivity index (χ4v) is 7.55. The summed E-state index contributed by atoms with van der Waals surface area (Å²) >= 11 is 0. The summed E-state index contributed by atoms with van der Waals surface area (Å²) in [6.07, 6.45) is 36.7. The highest BCUT2D eigenvalue weighted by Crippen LogP contribution is 2.44. The third-order valence-corrected chi connectivity index (χ3v) is 10.8. The van der Waals surface area contributed by atoms with E-state index in [1.807, 2.05) is 0 Å². The molecule has 282 valence electrons. The second-order valence-corrected chi connectivity index (χ2v) is 15.4. The summed E-state index contributed by atoms with van der Waals surface area (Å²) in [5, 5.41) is 4.95. The van der Waals surface area contributed by atoms with Crippen LogP contribution in [-0.4, -0.2) is 13.2 Å². The SMILES string of the molecule is CCCCCCCCCCCCOc1c2ccc(CCCCC)cc2c(OCCCCCCCCCCCC)c2ccc(CCCCC)cc12. The molecular formula is C48H78O2. The summed E-state index contributed by atoms with van der Waals surface area (Å²) in [5.74, 6) is 2.16. The van der Waals surface area contributed by atoms with E-state index >= 15 is 0 Å². The van der Waals surface area contributed by atoms with Gasteiger partial charge in [-0.25, -0.2) is 0 Å². The second kappa shape index (κ2) is 27.4. The third kappa shape index (κ3) is 16.0. The zero-order valence-electron chi connectivity index (χ0n) is 33.5. The fraction of sp³-hybridized carbons (Fsp3) is 0.708. The standard InChI is InChI=1S/C48H78O2/c1-5-9-13-15-17-19-21-23-25-29-37-49-47-43-35-33-42(32-28-12-8-4)40-46(43)48(44-36-34-41(39-45(44)47)31-27-11-7-3)50-38-30-26-24-22-20-18-16-14-10-6-2/h33-36,39-40H,5-32,37-38H2,1-4H3. The molecular weight excluding hydrogens is 609 g/mol. The molecule has 0 saturated heterocycles. The van der Waals surface area contributed by atoms with Crippen molar-refractivity contribution in [3.8, 4) is 11.5 Å². The summed E-state index contributed by atoms with van der Waals surface area (Å²) in [5.41, 5.74) is 2.84. The van der Waals surface area contributed by atoms with E-state index in [0.29, 0.717) is 0 Å². The normalized spacial score (nSPS) is 11.6. The highest BCUT2D eigenvalue weighted by atomic mass is 16.5. The molecule has 0 atom stereocenters. The van der Waals surface area contributed by atoms with Gasteiger partial charge in [0.1, 0.15) is 11.5 Å². The molecule has 0 amide bonds. The van der Waals surface area contributed by atoms with Crippen molar-refractivity contribution in [2.75, 3.05) is 13.2 Å². The molecule has 0 bridgehead atoms. The largest absolute Gasteiger partial charge is 0.492 e. The van der Waals surface area contributed by atoms with Crippen molar-refractivity contribution in [2.45, 2.75) is 207 Å². The van der Waals surface area contributed by atoms with Gasteiger partial charge in [-0.05, 0) is 61.8 Å². The van der Waals surface area contributed by atoms with E-state index in [1.54, 1.807) is 0 Å². The fourth-order valence-electron chi connectivity index (χ4n) is 7.55. The van der Waals surface area contributed by atoms with Crippen LogP contribution in [0.4, 0.5) is 0 Å². The number of unbranched alkanes of at least 4 members (excludes halogenated alkanes) is 22. The number of ether oxygens (including phenoxy) is 2. The predicted molar refractivity (Wildman–Crippen MR) is 223 cm³/mol. The zero-order chi connectivity index (χ0) is 35.5. The van der Waals surface area contributed by atoms with Crippen LogP contribution in [0.3, 0.4) is 0 Å². The first-order valence-corrected chi connectivity index (χ1v) is 22.0. The predicted octanol–water partition coefficient (Wildman–Crippen LogP) is 16.1. The highest BCUT2D eigenvalue weighted by molar-refractivity contribution is 6.11. The Labute approximate surface area is 309 Å². The third-order valence-electron chi connectivity index (χ3n) is 10.8. The van der Waals surface area contributed by atoms with Gasteiger partial charge in [0.25, 0.3) is 0 Å². The lowest BCUT2D eigenvalue weighted by atomic mass is 9.95. The first-order valence-electron chi connectivity index (χ1n) is 22.0. The summed E-state index contributed by atoms with van der Waals surface area (Å²) in [6, 6.07) is 14.3. The van der Waals surface area contributed by atoms with Crippen LogP contribution in [-0.2, 0) is 12.8 Å². The molecule has 0 fully saturated rings. The van der Waals surface area contributed by atoms with E-state index < -0.39 is 0 Å². The minimum Gasteiger partial charge on any atom is -0.492 e. The highest BCUT2D eigenvalue weighted by Gasteiger charge is 2.18. The molecule has 0 heterocycles. The van der Waals surface area contributed by atoms with Crippen molar-refractivity contribution in [3.63, 3.8) is 0 Å². The molecule has 0 aliphatic carbocycles. The van der Waals surface area contributed by atoms with Gasteiger partial charge in [-0.15, -0.1) is 0 Å². The van der Waals surface area contributed by atoms with Crippen molar-refractivity contribution in [1.82, 2.24) is 0 Å². The van der Waals surface area contributed by atoms with Gasteiger partial charge in [0, 0.05) is 21.5 Å². The molecule has 0 N–H and O–H groups in total. The van der Waals surface area contributed by atoms with Gasteiger partial charge in [0.05, 0.1) is 13.2 Å². The average molecular weight is 687 g/mol. The van der Waals surface area contributed by atoms with Crippen molar-refractivity contribution >= 4 is 21.5 Å². The lowest BCUT2D eigenvalue weighted by Gasteiger charge is -2.19. The van der Waals surface area contributed by atoms with Gasteiger partial charge in [0.2, 0.25) is 0 Å². The van der Waals surface area contributed by atoms with Gasteiger partial charge in [-0.2, -0.15) is 0 Å². The second-order valence-electron chi connectivity index (χ2n) is 15.4. The molecule has 0 aliphatic heterocycles. The number of rotatable bonds is 32. The zero-order valence-corrected chi connectivity index (χ0v) is 33.5. The van der Waals surface area contributed by atoms with Gasteiger partial charge < -0.3 is 9.47 Å². The van der Waals surface area contributed by atoms with Crippen LogP contribution in [0.1, 0.15) is 206 Å². The van der Waals surface area contributed by atoms with E-state index in [9.17, 15) is 0 Å². The minimum atomic E-state index is 0.790. The van der Waals surface area contributed by atoms with Crippen LogP contribution in [0.2, 0.25) is 0 Å². The molecule has 3 aromatic carbocycles. The lowest BCUT2D eigenvalue weighted by Crippen LogP contribution is -2.03. The average Bonchev–Trinajstić information content (AvgIpc) is 3.13. The van der Waals surface area contributed by atoms with E-state index in [-0.39, 0.29) is 0 Å². The van der Waals surface area contributed by atoms with Crippen LogP contribution in [0, 0.1) is 0 Å². The molecule has 0 saturated carbocycles. The Morgan fingerprint density at radius 2 is 0.620 bits per heavy atom. The summed E-state index contributed by atoms with van der Waals surface area (Å²) in [6.45, 7) is 10.8. The lowest BCUT2D eigenvalue weighted by molar-refractivity contribution is 0.306. The first-order chi connectivity index (χ1) is 24.7. The number of hydrogen-bond donors (Lipinski definition) is 0. The van der Waals surface area contributed by atoms with Crippen molar-refractivity contribution in [3.05, 3.63) is 47.5 Å². The molecule has 0 aliphatic rings. The maximum Gasteiger partial charge on any atom is 0.135 e. The van der Waals surface area contributed by atoms with E-state index in [1.165, 1.54) is 187 Å². The Balaban J connectivity index is 1.75. The van der Waals surface area contributed by atoms with E-state index in [0.717, 1.165) is 50.4 Å².